The second-order valence-corrected chi connectivity index (χ2v) is 12.5. The molecular weight excluding hydrogens is 569 g/mol. The fourth-order valence-electron chi connectivity index (χ4n) is 4.29. The normalized spacial score (nSPS) is 12.1. The van der Waals surface area contributed by atoms with Gasteiger partial charge in [0.25, 0.3) is 10.0 Å². The Morgan fingerprint density at radius 1 is 0.900 bits per heavy atom. The van der Waals surface area contributed by atoms with Crippen LogP contribution < -0.4 is 9.62 Å². The standard InChI is InChI=1S/C30H35Cl2N3O4S/c1-6-14-33-30(37)23(5)34(18-26-27(31)8-7-9-28(26)32)29(36)19-35(24-16-21(3)15-22(4)17-24)40(38,39)25-12-10-20(2)11-13-25/h7-13,15-17,23H,6,14,18-19H2,1-5H3,(H,33,37)/t23-/m1/s1. The van der Waals surface area contributed by atoms with Gasteiger partial charge in [0, 0.05) is 28.7 Å². The first-order chi connectivity index (χ1) is 18.8. The van der Waals surface area contributed by atoms with E-state index in [0.717, 1.165) is 27.4 Å². The molecule has 214 valence electrons. The van der Waals surface area contributed by atoms with Crippen molar-refractivity contribution >= 4 is 50.7 Å². The molecule has 10 heteroatoms. The molecule has 0 aliphatic rings. The molecule has 40 heavy (non-hydrogen) atoms. The number of sulfonamides is 1. The van der Waals surface area contributed by atoms with E-state index in [1.54, 1.807) is 49.4 Å². The smallest absolute Gasteiger partial charge is 0.264 e. The molecule has 0 heterocycles. The van der Waals surface area contributed by atoms with Crippen molar-refractivity contribution in [2.45, 2.75) is 58.5 Å². The molecule has 3 aromatic carbocycles. The van der Waals surface area contributed by atoms with Crippen molar-refractivity contribution in [1.29, 1.82) is 0 Å². The minimum absolute atomic E-state index is 0.0551. The van der Waals surface area contributed by atoms with Crippen molar-refractivity contribution in [3.8, 4) is 0 Å². The van der Waals surface area contributed by atoms with Crippen molar-refractivity contribution in [3.05, 3.63) is 93.0 Å². The van der Waals surface area contributed by atoms with E-state index in [4.69, 9.17) is 23.2 Å². The topological polar surface area (TPSA) is 86.8 Å². The number of carbonyl (C=O) groups excluding carboxylic acids is 2. The molecule has 1 atom stereocenters. The summed E-state index contributed by atoms with van der Waals surface area (Å²) in [6, 6.07) is 15.9. The minimum Gasteiger partial charge on any atom is -0.354 e. The summed E-state index contributed by atoms with van der Waals surface area (Å²) in [5, 5.41) is 3.49. The summed E-state index contributed by atoms with van der Waals surface area (Å²) in [6.45, 7) is 8.94. The molecule has 2 amide bonds. The maximum atomic E-state index is 14.0. The predicted molar refractivity (Wildman–Crippen MR) is 161 cm³/mol. The van der Waals surface area contributed by atoms with Crippen LogP contribution in [0.5, 0.6) is 0 Å². The van der Waals surface area contributed by atoms with E-state index in [2.05, 4.69) is 5.32 Å². The van der Waals surface area contributed by atoms with Crippen molar-refractivity contribution in [2.24, 2.45) is 0 Å². The fourth-order valence-corrected chi connectivity index (χ4v) is 6.21. The highest BCUT2D eigenvalue weighted by Gasteiger charge is 2.33. The minimum atomic E-state index is -4.15. The fraction of sp³-hybridized carbons (Fsp3) is 0.333. The van der Waals surface area contributed by atoms with Crippen LogP contribution in [-0.2, 0) is 26.2 Å². The Labute approximate surface area is 247 Å². The highest BCUT2D eigenvalue weighted by atomic mass is 35.5. The van der Waals surface area contributed by atoms with Gasteiger partial charge in [-0.25, -0.2) is 8.42 Å². The molecule has 0 aliphatic heterocycles. The Morgan fingerprint density at radius 3 is 2.02 bits per heavy atom. The van der Waals surface area contributed by atoms with Gasteiger partial charge in [0.1, 0.15) is 12.6 Å². The molecule has 0 fully saturated rings. The molecule has 0 radical (unpaired) electrons. The summed E-state index contributed by atoms with van der Waals surface area (Å²) in [5.41, 5.74) is 3.42. The monoisotopic (exact) mass is 603 g/mol. The summed E-state index contributed by atoms with van der Waals surface area (Å²) >= 11 is 12.8. The predicted octanol–water partition coefficient (Wildman–Crippen LogP) is 6.06. The SMILES string of the molecule is CCCNC(=O)[C@@H](C)N(Cc1c(Cl)cccc1Cl)C(=O)CN(c1cc(C)cc(C)c1)S(=O)(=O)c1ccc(C)cc1. The van der Waals surface area contributed by atoms with E-state index < -0.39 is 28.5 Å². The van der Waals surface area contributed by atoms with Crippen molar-refractivity contribution in [3.63, 3.8) is 0 Å². The Kier molecular flexibility index (Phi) is 10.6. The van der Waals surface area contributed by atoms with Gasteiger partial charge >= 0.3 is 0 Å². The lowest BCUT2D eigenvalue weighted by Gasteiger charge is -2.32. The highest BCUT2D eigenvalue weighted by molar-refractivity contribution is 7.92. The van der Waals surface area contributed by atoms with E-state index in [-0.39, 0.29) is 17.3 Å². The number of nitrogens with one attached hydrogen (secondary N) is 1. The Hall–Kier alpha value is -3.07. The molecule has 0 spiro atoms. The molecule has 7 nitrogen and oxygen atoms in total. The summed E-state index contributed by atoms with van der Waals surface area (Å²) < 4.78 is 29.0. The first-order valence-electron chi connectivity index (χ1n) is 13.0. The number of hydrogen-bond donors (Lipinski definition) is 1. The summed E-state index contributed by atoms with van der Waals surface area (Å²) in [7, 11) is -4.15. The van der Waals surface area contributed by atoms with Crippen LogP contribution in [0.1, 0.15) is 42.5 Å². The first kappa shape index (κ1) is 31.5. The van der Waals surface area contributed by atoms with Gasteiger partial charge in [0.15, 0.2) is 0 Å². The van der Waals surface area contributed by atoms with Crippen molar-refractivity contribution < 1.29 is 18.0 Å². The number of nitrogens with zero attached hydrogens (tertiary/aromatic N) is 2. The van der Waals surface area contributed by atoms with Crippen LogP contribution >= 0.6 is 23.2 Å². The van der Waals surface area contributed by atoms with E-state index in [1.807, 2.05) is 33.8 Å². The van der Waals surface area contributed by atoms with E-state index in [0.29, 0.717) is 27.8 Å². The van der Waals surface area contributed by atoms with Gasteiger partial charge in [-0.15, -0.1) is 0 Å². The Morgan fingerprint density at radius 2 is 1.48 bits per heavy atom. The van der Waals surface area contributed by atoms with Gasteiger partial charge in [0.05, 0.1) is 10.6 Å². The highest BCUT2D eigenvalue weighted by Crippen LogP contribution is 2.29. The molecule has 3 rings (SSSR count). The number of hydrogen-bond acceptors (Lipinski definition) is 4. The van der Waals surface area contributed by atoms with Crippen LogP contribution in [0.3, 0.4) is 0 Å². The largest absolute Gasteiger partial charge is 0.354 e. The third-order valence-electron chi connectivity index (χ3n) is 6.49. The molecule has 3 aromatic rings. The number of carbonyl (C=O) groups is 2. The number of rotatable bonds is 11. The molecule has 1 N–H and O–H groups in total. The lowest BCUT2D eigenvalue weighted by molar-refractivity contribution is -0.139. The molecule has 0 aromatic heterocycles. The van der Waals surface area contributed by atoms with Crippen LogP contribution in [0.2, 0.25) is 10.0 Å². The van der Waals surface area contributed by atoms with Crippen molar-refractivity contribution in [1.82, 2.24) is 10.2 Å². The molecule has 0 unspecified atom stereocenters. The molecule has 0 saturated carbocycles. The average Bonchev–Trinajstić information content (AvgIpc) is 2.89. The first-order valence-corrected chi connectivity index (χ1v) is 15.2. The third kappa shape index (κ3) is 7.56. The maximum Gasteiger partial charge on any atom is 0.264 e. The maximum absolute atomic E-state index is 14.0. The number of benzene rings is 3. The lowest BCUT2D eigenvalue weighted by atomic mass is 10.1. The van der Waals surface area contributed by atoms with Gasteiger partial charge in [-0.05, 0) is 81.6 Å². The second kappa shape index (κ2) is 13.5. The zero-order valence-electron chi connectivity index (χ0n) is 23.4. The number of aryl methyl sites for hydroxylation is 3. The van der Waals surface area contributed by atoms with Gasteiger partial charge in [-0.2, -0.15) is 0 Å². The third-order valence-corrected chi connectivity index (χ3v) is 8.99. The van der Waals surface area contributed by atoms with Crippen LogP contribution in [-0.4, -0.2) is 44.3 Å². The lowest BCUT2D eigenvalue weighted by Crippen LogP contribution is -2.51. The summed E-state index contributed by atoms with van der Waals surface area (Å²) in [5.74, 6) is -0.942. The second-order valence-electron chi connectivity index (χ2n) is 9.86. The van der Waals surface area contributed by atoms with E-state index >= 15 is 0 Å². The zero-order chi connectivity index (χ0) is 29.6. The van der Waals surface area contributed by atoms with Gasteiger partial charge in [-0.3, -0.25) is 13.9 Å². The molecule has 0 aliphatic carbocycles. The van der Waals surface area contributed by atoms with Gasteiger partial charge in [-0.1, -0.05) is 60.0 Å². The Balaban J connectivity index is 2.09. The van der Waals surface area contributed by atoms with E-state index in [9.17, 15) is 18.0 Å². The van der Waals surface area contributed by atoms with Crippen LogP contribution in [0.25, 0.3) is 0 Å². The molecule has 0 bridgehead atoms. The van der Waals surface area contributed by atoms with Crippen LogP contribution in [0.4, 0.5) is 5.69 Å². The van der Waals surface area contributed by atoms with Crippen molar-refractivity contribution in [2.75, 3.05) is 17.4 Å². The summed E-state index contributed by atoms with van der Waals surface area (Å²) in [6.07, 6.45) is 0.720. The van der Waals surface area contributed by atoms with Gasteiger partial charge in [0.2, 0.25) is 11.8 Å². The van der Waals surface area contributed by atoms with E-state index in [1.165, 1.54) is 17.0 Å². The number of anilines is 1. The Bertz CT molecular complexity index is 1440. The quantitative estimate of drug-likeness (QED) is 0.289. The molecule has 0 saturated heterocycles. The number of halogens is 2. The molecular formula is C30H35Cl2N3O4S. The average molecular weight is 605 g/mol. The summed E-state index contributed by atoms with van der Waals surface area (Å²) in [4.78, 5) is 28.4. The van der Waals surface area contributed by atoms with Gasteiger partial charge < -0.3 is 10.2 Å². The van der Waals surface area contributed by atoms with Crippen LogP contribution in [0.15, 0.2) is 65.6 Å². The zero-order valence-corrected chi connectivity index (χ0v) is 25.7. The van der Waals surface area contributed by atoms with Crippen LogP contribution in [0, 0.1) is 20.8 Å². The number of amides is 2.